The van der Waals surface area contributed by atoms with E-state index in [1.807, 2.05) is 0 Å². The Hall–Kier alpha value is -2.07. The van der Waals surface area contributed by atoms with Crippen LogP contribution in [0.25, 0.3) is 11.1 Å². The van der Waals surface area contributed by atoms with E-state index in [0.717, 1.165) is 36.1 Å². The van der Waals surface area contributed by atoms with Crippen LogP contribution in [0.4, 0.5) is 4.39 Å². The Labute approximate surface area is 115 Å². The summed E-state index contributed by atoms with van der Waals surface area (Å²) in [6.07, 6.45) is 1.53. The number of phenols is 2. The summed E-state index contributed by atoms with van der Waals surface area (Å²) >= 11 is 0. The summed E-state index contributed by atoms with van der Waals surface area (Å²) in [5, 5.41) is 23.3. The van der Waals surface area contributed by atoms with Crippen LogP contribution >= 0.6 is 0 Å². The average molecular weight is 271 g/mol. The molecule has 3 nitrogen and oxygen atoms in total. The van der Waals surface area contributed by atoms with E-state index in [1.54, 1.807) is 12.1 Å². The summed E-state index contributed by atoms with van der Waals surface area (Å²) < 4.78 is 13.9. The lowest BCUT2D eigenvalue weighted by atomic mass is 9.77. The van der Waals surface area contributed by atoms with E-state index >= 15 is 0 Å². The summed E-state index contributed by atoms with van der Waals surface area (Å²) in [5.74, 6) is -0.613. The van der Waals surface area contributed by atoms with E-state index in [-0.39, 0.29) is 23.4 Å². The van der Waals surface area contributed by atoms with Gasteiger partial charge in [-0.05, 0) is 59.8 Å². The zero-order chi connectivity index (χ0) is 13.9. The van der Waals surface area contributed by atoms with Crippen molar-refractivity contribution in [3.05, 3.63) is 46.8 Å². The molecule has 0 radical (unpaired) electrons. The first-order valence-corrected chi connectivity index (χ1v) is 6.75. The quantitative estimate of drug-likeness (QED) is 0.646. The maximum absolute atomic E-state index is 13.9. The van der Waals surface area contributed by atoms with Crippen molar-refractivity contribution in [2.45, 2.75) is 18.9 Å². The van der Waals surface area contributed by atoms with E-state index in [4.69, 9.17) is 0 Å². The molecule has 4 heteroatoms. The molecule has 1 aliphatic carbocycles. The Kier molecular flexibility index (Phi) is 2.32. The number of nitrogens with one attached hydrogen (secondary N) is 1. The molecule has 0 saturated heterocycles. The zero-order valence-electron chi connectivity index (χ0n) is 10.8. The molecule has 1 atom stereocenters. The highest BCUT2D eigenvalue weighted by molar-refractivity contribution is 5.82. The number of rotatable bonds is 0. The van der Waals surface area contributed by atoms with Gasteiger partial charge in [-0.15, -0.1) is 0 Å². The Balaban J connectivity index is 2.08. The molecule has 0 saturated carbocycles. The Morgan fingerprint density at radius 2 is 2.00 bits per heavy atom. The molecule has 4 rings (SSSR count). The first-order chi connectivity index (χ1) is 9.65. The third-order valence-corrected chi connectivity index (χ3v) is 4.30. The van der Waals surface area contributed by atoms with Crippen LogP contribution in [0.3, 0.4) is 0 Å². The van der Waals surface area contributed by atoms with Gasteiger partial charge in [-0.1, -0.05) is 6.07 Å². The molecule has 0 bridgehead atoms. The minimum Gasteiger partial charge on any atom is -0.504 e. The van der Waals surface area contributed by atoms with Crippen molar-refractivity contribution in [3.8, 4) is 22.6 Å². The molecular formula is C16H14FNO2. The van der Waals surface area contributed by atoms with E-state index in [0.29, 0.717) is 11.1 Å². The molecule has 2 aliphatic rings. The van der Waals surface area contributed by atoms with E-state index in [2.05, 4.69) is 5.32 Å². The van der Waals surface area contributed by atoms with Crippen LogP contribution in [0.2, 0.25) is 0 Å². The topological polar surface area (TPSA) is 52.5 Å². The van der Waals surface area contributed by atoms with Gasteiger partial charge in [0.25, 0.3) is 0 Å². The third-order valence-electron chi connectivity index (χ3n) is 4.30. The first-order valence-electron chi connectivity index (χ1n) is 6.75. The smallest absolute Gasteiger partial charge is 0.165 e. The highest BCUT2D eigenvalue weighted by Crippen LogP contribution is 2.48. The van der Waals surface area contributed by atoms with Crippen molar-refractivity contribution < 1.29 is 14.6 Å². The molecule has 2 aromatic rings. The molecule has 1 heterocycles. The largest absolute Gasteiger partial charge is 0.504 e. The Morgan fingerprint density at radius 3 is 2.85 bits per heavy atom. The molecule has 102 valence electrons. The maximum atomic E-state index is 13.9. The molecule has 0 fully saturated rings. The van der Waals surface area contributed by atoms with Gasteiger partial charge in [0.05, 0.1) is 0 Å². The van der Waals surface area contributed by atoms with Gasteiger partial charge < -0.3 is 15.5 Å². The van der Waals surface area contributed by atoms with Crippen LogP contribution in [0.15, 0.2) is 24.3 Å². The molecule has 0 aromatic heterocycles. The monoisotopic (exact) mass is 271 g/mol. The Morgan fingerprint density at radius 1 is 1.15 bits per heavy atom. The van der Waals surface area contributed by atoms with E-state index in [1.165, 1.54) is 12.1 Å². The lowest BCUT2D eigenvalue weighted by Crippen LogP contribution is -2.33. The number of fused-ring (bicyclic) bond motifs is 2. The number of benzene rings is 2. The van der Waals surface area contributed by atoms with Gasteiger partial charge in [-0.2, -0.15) is 0 Å². The Bertz CT molecular complexity index is 727. The second-order valence-corrected chi connectivity index (χ2v) is 5.45. The molecule has 2 aromatic carbocycles. The third kappa shape index (κ3) is 1.48. The van der Waals surface area contributed by atoms with Gasteiger partial charge in [-0.3, -0.25) is 0 Å². The second-order valence-electron chi connectivity index (χ2n) is 5.45. The summed E-state index contributed by atoms with van der Waals surface area (Å²) in [6.45, 7) is 0.833. The molecule has 1 aliphatic heterocycles. The van der Waals surface area contributed by atoms with Crippen LogP contribution < -0.4 is 5.32 Å². The van der Waals surface area contributed by atoms with Gasteiger partial charge >= 0.3 is 0 Å². The van der Waals surface area contributed by atoms with Gasteiger partial charge in [0, 0.05) is 11.6 Å². The first kappa shape index (κ1) is 11.7. The number of phenolic OH excluding ortho intramolecular Hbond substituents is 2. The molecular weight excluding hydrogens is 257 g/mol. The van der Waals surface area contributed by atoms with Crippen molar-refractivity contribution in [1.29, 1.82) is 0 Å². The molecule has 0 amide bonds. The predicted octanol–water partition coefficient (Wildman–Crippen LogP) is 2.65. The lowest BCUT2D eigenvalue weighted by molar-refractivity contribution is 0.403. The molecule has 20 heavy (non-hydrogen) atoms. The van der Waals surface area contributed by atoms with Crippen LogP contribution in [-0.4, -0.2) is 16.8 Å². The van der Waals surface area contributed by atoms with Crippen LogP contribution in [-0.2, 0) is 12.8 Å². The van der Waals surface area contributed by atoms with Crippen LogP contribution in [0.5, 0.6) is 11.5 Å². The molecule has 0 spiro atoms. The van der Waals surface area contributed by atoms with Crippen molar-refractivity contribution >= 4 is 0 Å². The van der Waals surface area contributed by atoms with Crippen molar-refractivity contribution in [2.24, 2.45) is 0 Å². The summed E-state index contributed by atoms with van der Waals surface area (Å²) in [5.41, 5.74) is 4.26. The fraction of sp³-hybridized carbons (Fsp3) is 0.250. The SMILES string of the molecule is Oc1ccc2c(c1O)-c1cc(F)cc3c1C(C2)NCC3. The summed E-state index contributed by atoms with van der Waals surface area (Å²) in [4.78, 5) is 0. The van der Waals surface area contributed by atoms with Crippen LogP contribution in [0.1, 0.15) is 22.7 Å². The normalized spacial score (nSPS) is 19.4. The number of halogens is 1. The lowest BCUT2D eigenvalue weighted by Gasteiger charge is -2.34. The number of hydrogen-bond donors (Lipinski definition) is 3. The minimum absolute atomic E-state index is 0.153. The average Bonchev–Trinajstić information content (AvgIpc) is 2.42. The molecule has 3 N–H and O–H groups in total. The summed E-state index contributed by atoms with van der Waals surface area (Å²) in [6, 6.07) is 6.48. The van der Waals surface area contributed by atoms with Crippen molar-refractivity contribution in [2.75, 3.05) is 6.54 Å². The second kappa shape index (κ2) is 3.96. The zero-order valence-corrected chi connectivity index (χ0v) is 10.8. The fourth-order valence-corrected chi connectivity index (χ4v) is 3.47. The molecule has 1 unspecified atom stereocenters. The van der Waals surface area contributed by atoms with E-state index < -0.39 is 0 Å². The van der Waals surface area contributed by atoms with Gasteiger partial charge in [-0.25, -0.2) is 4.39 Å². The van der Waals surface area contributed by atoms with Gasteiger partial charge in [0.2, 0.25) is 0 Å². The highest BCUT2D eigenvalue weighted by Gasteiger charge is 2.32. The van der Waals surface area contributed by atoms with E-state index in [9.17, 15) is 14.6 Å². The van der Waals surface area contributed by atoms with Gasteiger partial charge in [0.1, 0.15) is 5.82 Å². The van der Waals surface area contributed by atoms with Gasteiger partial charge in [0.15, 0.2) is 11.5 Å². The summed E-state index contributed by atoms with van der Waals surface area (Å²) in [7, 11) is 0. The van der Waals surface area contributed by atoms with Crippen molar-refractivity contribution in [1.82, 2.24) is 5.32 Å². The maximum Gasteiger partial charge on any atom is 0.165 e. The minimum atomic E-state index is -0.296. The fourth-order valence-electron chi connectivity index (χ4n) is 3.47. The van der Waals surface area contributed by atoms with Crippen molar-refractivity contribution in [3.63, 3.8) is 0 Å². The number of hydrogen-bond acceptors (Lipinski definition) is 3. The number of aromatic hydroxyl groups is 2. The van der Waals surface area contributed by atoms with Crippen LogP contribution in [0, 0.1) is 5.82 Å². The highest BCUT2D eigenvalue weighted by atomic mass is 19.1. The predicted molar refractivity (Wildman–Crippen MR) is 73.3 cm³/mol. The standard InChI is InChI=1S/C16H14FNO2/c17-10-5-9-3-4-18-12-6-8-1-2-13(19)16(20)15(8)11(7-10)14(9)12/h1-2,5,7,12,18-20H,3-4,6H2.